The fraction of sp³-hybridized carbons (Fsp3) is 0.409. The van der Waals surface area contributed by atoms with Crippen molar-refractivity contribution in [3.8, 4) is 0 Å². The third-order valence-corrected chi connectivity index (χ3v) is 7.68. The minimum Gasteiger partial charge on any atom is -0.315 e. The van der Waals surface area contributed by atoms with Crippen LogP contribution in [0.5, 0.6) is 0 Å². The number of hydrogen-bond acceptors (Lipinski definition) is 3. The lowest BCUT2D eigenvalue weighted by molar-refractivity contribution is -0.123. The Morgan fingerprint density at radius 3 is 2.07 bits per heavy atom. The van der Waals surface area contributed by atoms with Gasteiger partial charge in [-0.1, -0.05) is 35.9 Å². The molecule has 0 N–H and O–H groups in total. The lowest BCUT2D eigenvalue weighted by atomic mass is 9.96. The summed E-state index contributed by atoms with van der Waals surface area (Å²) in [6.07, 6.45) is 1.08. The summed E-state index contributed by atoms with van der Waals surface area (Å²) in [5.41, 5.74) is 3.47. The van der Waals surface area contributed by atoms with Gasteiger partial charge in [0.1, 0.15) is 0 Å². The van der Waals surface area contributed by atoms with Gasteiger partial charge in [0.25, 0.3) is 0 Å². The molecule has 28 heavy (non-hydrogen) atoms. The summed E-state index contributed by atoms with van der Waals surface area (Å²) in [7, 11) is -1.78. The number of anilines is 1. The Hall–Kier alpha value is -2.18. The van der Waals surface area contributed by atoms with E-state index in [1.807, 2.05) is 63.2 Å². The van der Waals surface area contributed by atoms with Crippen LogP contribution in [0.25, 0.3) is 0 Å². The van der Waals surface area contributed by atoms with Crippen molar-refractivity contribution in [3.63, 3.8) is 0 Å². The molecule has 2 aromatic rings. The van der Waals surface area contributed by atoms with Crippen molar-refractivity contribution in [1.82, 2.24) is 4.31 Å². The zero-order valence-corrected chi connectivity index (χ0v) is 17.8. The second-order valence-electron chi connectivity index (χ2n) is 7.64. The number of sulfonamides is 1. The molecule has 0 unspecified atom stereocenters. The number of hydrogen-bond donors (Lipinski definition) is 0. The lowest BCUT2D eigenvalue weighted by Crippen LogP contribution is -2.43. The minimum absolute atomic E-state index is 0.0472. The standard InChI is InChI=1S/C22H28N2O3S/c1-16-14-17(2)21(18(3)15-16)28(26,27)24-12-10-19(11-13-24)22(25)23(4)20-8-6-5-7-9-20/h5-9,14-15,19H,10-13H2,1-4H3. The van der Waals surface area contributed by atoms with Crippen molar-refractivity contribution >= 4 is 21.6 Å². The van der Waals surface area contributed by atoms with Gasteiger partial charge < -0.3 is 4.90 Å². The Bertz CT molecular complexity index is 940. The molecule has 1 amide bonds. The lowest BCUT2D eigenvalue weighted by Gasteiger charge is -2.33. The Morgan fingerprint density at radius 2 is 1.54 bits per heavy atom. The van der Waals surface area contributed by atoms with Crippen LogP contribution in [0.3, 0.4) is 0 Å². The molecular formula is C22H28N2O3S. The number of rotatable bonds is 4. The van der Waals surface area contributed by atoms with Crippen LogP contribution in [-0.4, -0.2) is 38.8 Å². The van der Waals surface area contributed by atoms with E-state index in [4.69, 9.17) is 0 Å². The fourth-order valence-electron chi connectivity index (χ4n) is 4.10. The molecule has 1 aliphatic heterocycles. The van der Waals surface area contributed by atoms with Gasteiger partial charge in [-0.25, -0.2) is 8.42 Å². The summed E-state index contributed by atoms with van der Waals surface area (Å²) in [5, 5.41) is 0. The van der Waals surface area contributed by atoms with E-state index in [0.29, 0.717) is 30.8 Å². The molecule has 0 aromatic heterocycles. The number of nitrogens with zero attached hydrogens (tertiary/aromatic N) is 2. The van der Waals surface area contributed by atoms with Crippen LogP contribution < -0.4 is 4.90 Å². The van der Waals surface area contributed by atoms with Gasteiger partial charge in [0.2, 0.25) is 15.9 Å². The highest BCUT2D eigenvalue weighted by atomic mass is 32.2. The SMILES string of the molecule is Cc1cc(C)c(S(=O)(=O)N2CCC(C(=O)N(C)c3ccccc3)CC2)c(C)c1. The minimum atomic E-state index is -3.55. The second-order valence-corrected chi connectivity index (χ2v) is 9.51. The van der Waals surface area contributed by atoms with Gasteiger partial charge in [-0.15, -0.1) is 0 Å². The van der Waals surface area contributed by atoms with E-state index >= 15 is 0 Å². The fourth-order valence-corrected chi connectivity index (χ4v) is 5.98. The number of para-hydroxylation sites is 1. The van der Waals surface area contributed by atoms with Crippen LogP contribution in [0.15, 0.2) is 47.4 Å². The smallest absolute Gasteiger partial charge is 0.243 e. The average Bonchev–Trinajstić information content (AvgIpc) is 2.66. The zero-order chi connectivity index (χ0) is 20.5. The molecule has 0 radical (unpaired) electrons. The van der Waals surface area contributed by atoms with E-state index in [1.54, 1.807) is 11.9 Å². The summed E-state index contributed by atoms with van der Waals surface area (Å²) in [5.74, 6) is -0.109. The zero-order valence-electron chi connectivity index (χ0n) is 17.0. The predicted octanol–water partition coefficient (Wildman–Crippen LogP) is 3.68. The molecule has 1 heterocycles. The topological polar surface area (TPSA) is 57.7 Å². The molecule has 0 saturated carbocycles. The summed E-state index contributed by atoms with van der Waals surface area (Å²) in [6, 6.07) is 13.3. The van der Waals surface area contributed by atoms with Crippen LogP contribution in [0, 0.1) is 26.7 Å². The van der Waals surface area contributed by atoms with Gasteiger partial charge in [-0.05, 0) is 56.9 Å². The van der Waals surface area contributed by atoms with Gasteiger partial charge >= 0.3 is 0 Å². The van der Waals surface area contributed by atoms with E-state index in [0.717, 1.165) is 22.4 Å². The van der Waals surface area contributed by atoms with Crippen molar-refractivity contribution in [3.05, 3.63) is 59.2 Å². The van der Waals surface area contributed by atoms with Gasteiger partial charge in [-0.3, -0.25) is 4.79 Å². The van der Waals surface area contributed by atoms with Gasteiger partial charge in [0.05, 0.1) is 4.90 Å². The van der Waals surface area contributed by atoms with Gasteiger partial charge in [0, 0.05) is 31.7 Å². The van der Waals surface area contributed by atoms with E-state index < -0.39 is 10.0 Å². The first kappa shape index (κ1) is 20.6. The summed E-state index contributed by atoms with van der Waals surface area (Å²) >= 11 is 0. The molecule has 5 nitrogen and oxygen atoms in total. The van der Waals surface area contributed by atoms with Crippen molar-refractivity contribution in [1.29, 1.82) is 0 Å². The Morgan fingerprint density at radius 1 is 1.00 bits per heavy atom. The normalized spacial score (nSPS) is 16.1. The first-order chi connectivity index (χ1) is 13.2. The molecule has 1 fully saturated rings. The number of amides is 1. The van der Waals surface area contributed by atoms with Gasteiger partial charge in [-0.2, -0.15) is 4.31 Å². The molecule has 0 aliphatic carbocycles. The molecule has 1 saturated heterocycles. The van der Waals surface area contributed by atoms with Crippen LogP contribution >= 0.6 is 0 Å². The largest absolute Gasteiger partial charge is 0.315 e. The quantitative estimate of drug-likeness (QED) is 0.787. The summed E-state index contributed by atoms with van der Waals surface area (Å²) < 4.78 is 27.9. The van der Waals surface area contributed by atoms with Crippen LogP contribution in [0.2, 0.25) is 0 Å². The number of carbonyl (C=O) groups is 1. The van der Waals surface area contributed by atoms with Crippen LogP contribution in [0.1, 0.15) is 29.5 Å². The van der Waals surface area contributed by atoms with E-state index in [2.05, 4.69) is 0 Å². The van der Waals surface area contributed by atoms with Crippen molar-refractivity contribution < 1.29 is 13.2 Å². The maximum absolute atomic E-state index is 13.2. The molecule has 0 spiro atoms. The average molecular weight is 401 g/mol. The predicted molar refractivity (Wildman–Crippen MR) is 112 cm³/mol. The van der Waals surface area contributed by atoms with E-state index in [-0.39, 0.29) is 11.8 Å². The van der Waals surface area contributed by atoms with Crippen LogP contribution in [0.4, 0.5) is 5.69 Å². The molecule has 150 valence electrons. The van der Waals surface area contributed by atoms with Crippen molar-refractivity contribution in [2.75, 3.05) is 25.0 Å². The Labute approximate surface area is 168 Å². The second kappa shape index (κ2) is 8.05. The molecular weight excluding hydrogens is 372 g/mol. The van der Waals surface area contributed by atoms with E-state index in [1.165, 1.54) is 4.31 Å². The first-order valence-electron chi connectivity index (χ1n) is 9.62. The number of benzene rings is 2. The van der Waals surface area contributed by atoms with Crippen molar-refractivity contribution in [2.24, 2.45) is 5.92 Å². The maximum atomic E-state index is 13.2. The highest BCUT2D eigenvalue weighted by molar-refractivity contribution is 7.89. The maximum Gasteiger partial charge on any atom is 0.243 e. The molecule has 6 heteroatoms. The number of piperidine rings is 1. The Kier molecular flexibility index (Phi) is 5.91. The molecule has 1 aliphatic rings. The summed E-state index contributed by atoms with van der Waals surface area (Å²) in [4.78, 5) is 14.9. The Balaban J connectivity index is 1.72. The molecule has 3 rings (SSSR count). The highest BCUT2D eigenvalue weighted by Gasteiger charge is 2.34. The molecule has 0 atom stereocenters. The van der Waals surface area contributed by atoms with Crippen molar-refractivity contribution in [2.45, 2.75) is 38.5 Å². The molecule has 2 aromatic carbocycles. The first-order valence-corrected chi connectivity index (χ1v) is 11.1. The third kappa shape index (κ3) is 3.98. The molecule has 0 bridgehead atoms. The monoisotopic (exact) mass is 400 g/mol. The third-order valence-electron chi connectivity index (χ3n) is 5.48. The number of aryl methyl sites for hydroxylation is 3. The van der Waals surface area contributed by atoms with Gasteiger partial charge in [0.15, 0.2) is 0 Å². The summed E-state index contributed by atoms with van der Waals surface area (Å²) in [6.45, 7) is 6.40. The number of carbonyl (C=O) groups excluding carboxylic acids is 1. The highest BCUT2D eigenvalue weighted by Crippen LogP contribution is 2.29. The van der Waals surface area contributed by atoms with E-state index in [9.17, 15) is 13.2 Å². The van der Waals surface area contributed by atoms with Crippen LogP contribution in [-0.2, 0) is 14.8 Å².